The minimum Gasteiger partial charge on any atom is -0.256 e. The Hall–Kier alpha value is -2.81. The average molecular weight is 418 g/mol. The van der Waals surface area contributed by atoms with E-state index in [9.17, 15) is 8.78 Å². The number of fused-ring (bicyclic) bond motifs is 2. The first-order valence-electron chi connectivity index (χ1n) is 10.8. The highest BCUT2D eigenvalue weighted by atomic mass is 19.3. The molecule has 4 aromatic rings. The second kappa shape index (κ2) is 7.71. The van der Waals surface area contributed by atoms with Crippen LogP contribution in [0.25, 0.3) is 32.8 Å². The Morgan fingerprint density at radius 1 is 0.806 bits per heavy atom. The SMILES string of the molecule is CC(C)(C)c1cc(-c2nccc3cc(CC(C)(C)C(F)F)ccc23)cc2ccccc12. The van der Waals surface area contributed by atoms with Crippen LogP contribution in [0.5, 0.6) is 0 Å². The van der Waals surface area contributed by atoms with Crippen molar-refractivity contribution in [3.05, 3.63) is 78.0 Å². The molecule has 0 aliphatic carbocycles. The summed E-state index contributed by atoms with van der Waals surface area (Å²) in [5, 5.41) is 4.52. The van der Waals surface area contributed by atoms with Crippen molar-refractivity contribution in [2.45, 2.75) is 52.9 Å². The smallest absolute Gasteiger partial charge is 0.243 e. The number of halogens is 2. The molecule has 0 aliphatic heterocycles. The summed E-state index contributed by atoms with van der Waals surface area (Å²) in [6, 6.07) is 20.9. The van der Waals surface area contributed by atoms with Crippen molar-refractivity contribution in [3.8, 4) is 11.3 Å². The van der Waals surface area contributed by atoms with E-state index in [-0.39, 0.29) is 5.41 Å². The molecule has 4 rings (SSSR count). The third-order valence-electron chi connectivity index (χ3n) is 6.02. The van der Waals surface area contributed by atoms with Crippen molar-refractivity contribution < 1.29 is 8.78 Å². The number of rotatable bonds is 4. The van der Waals surface area contributed by atoms with Gasteiger partial charge in [0.2, 0.25) is 6.43 Å². The summed E-state index contributed by atoms with van der Waals surface area (Å²) in [6.45, 7) is 9.91. The van der Waals surface area contributed by atoms with Crippen LogP contribution in [0.2, 0.25) is 0 Å². The van der Waals surface area contributed by atoms with E-state index in [1.54, 1.807) is 13.8 Å². The fourth-order valence-corrected chi connectivity index (χ4v) is 4.24. The van der Waals surface area contributed by atoms with Gasteiger partial charge in [0.1, 0.15) is 0 Å². The molecule has 0 bridgehead atoms. The molecule has 0 amide bonds. The molecular weight excluding hydrogens is 388 g/mol. The van der Waals surface area contributed by atoms with Crippen LogP contribution in [0.1, 0.15) is 45.7 Å². The summed E-state index contributed by atoms with van der Waals surface area (Å²) < 4.78 is 26.7. The first-order chi connectivity index (χ1) is 14.6. The summed E-state index contributed by atoms with van der Waals surface area (Å²) in [6.07, 6.45) is -0.210. The molecule has 0 saturated heterocycles. The lowest BCUT2D eigenvalue weighted by Crippen LogP contribution is -2.24. The topological polar surface area (TPSA) is 12.9 Å². The Kier molecular flexibility index (Phi) is 5.33. The van der Waals surface area contributed by atoms with Crippen molar-refractivity contribution in [2.75, 3.05) is 0 Å². The van der Waals surface area contributed by atoms with Crippen LogP contribution in [0.4, 0.5) is 8.78 Å². The third-order valence-corrected chi connectivity index (χ3v) is 6.02. The molecule has 1 aromatic heterocycles. The summed E-state index contributed by atoms with van der Waals surface area (Å²) in [5.74, 6) is 0. The summed E-state index contributed by atoms with van der Waals surface area (Å²) in [5.41, 5.74) is 3.15. The summed E-state index contributed by atoms with van der Waals surface area (Å²) in [4.78, 5) is 4.72. The van der Waals surface area contributed by atoms with Crippen LogP contribution in [0.3, 0.4) is 0 Å². The van der Waals surface area contributed by atoms with E-state index in [4.69, 9.17) is 4.98 Å². The minimum atomic E-state index is -2.36. The van der Waals surface area contributed by atoms with E-state index in [0.717, 1.165) is 27.6 Å². The minimum absolute atomic E-state index is 0.00573. The molecule has 3 heteroatoms. The Bertz CT molecular complexity index is 1250. The third kappa shape index (κ3) is 4.19. The molecule has 0 radical (unpaired) electrons. The Balaban J connectivity index is 1.86. The van der Waals surface area contributed by atoms with E-state index in [1.807, 2.05) is 30.5 Å². The zero-order valence-electron chi connectivity index (χ0n) is 18.8. The quantitative estimate of drug-likeness (QED) is 0.326. The van der Waals surface area contributed by atoms with Gasteiger partial charge < -0.3 is 0 Å². The van der Waals surface area contributed by atoms with Gasteiger partial charge in [-0.15, -0.1) is 0 Å². The van der Waals surface area contributed by atoms with Gasteiger partial charge in [-0.05, 0) is 57.3 Å². The molecule has 0 fully saturated rings. The second-order valence-corrected chi connectivity index (χ2v) is 10.2. The highest BCUT2D eigenvalue weighted by Gasteiger charge is 2.29. The second-order valence-electron chi connectivity index (χ2n) is 10.2. The van der Waals surface area contributed by atoms with E-state index < -0.39 is 11.8 Å². The molecule has 0 N–H and O–H groups in total. The Morgan fingerprint density at radius 3 is 2.23 bits per heavy atom. The van der Waals surface area contributed by atoms with Crippen LogP contribution in [0, 0.1) is 5.41 Å². The molecule has 0 unspecified atom stereocenters. The van der Waals surface area contributed by atoms with Crippen molar-refractivity contribution in [1.82, 2.24) is 4.98 Å². The number of nitrogens with zero attached hydrogens (tertiary/aromatic N) is 1. The van der Waals surface area contributed by atoms with Gasteiger partial charge in [0.05, 0.1) is 5.69 Å². The van der Waals surface area contributed by atoms with Crippen LogP contribution < -0.4 is 0 Å². The molecule has 0 saturated carbocycles. The van der Waals surface area contributed by atoms with E-state index >= 15 is 0 Å². The fourth-order valence-electron chi connectivity index (χ4n) is 4.24. The number of hydrogen-bond donors (Lipinski definition) is 0. The molecule has 0 atom stereocenters. The van der Waals surface area contributed by atoms with Gasteiger partial charge in [0, 0.05) is 22.6 Å². The lowest BCUT2D eigenvalue weighted by Gasteiger charge is -2.24. The normalized spacial score (nSPS) is 12.8. The van der Waals surface area contributed by atoms with Gasteiger partial charge in [-0.25, -0.2) is 8.78 Å². The Morgan fingerprint density at radius 2 is 1.52 bits per heavy atom. The standard InChI is InChI=1S/C28H29F2N/c1-27(2,3)24-16-21(15-19-8-6-7-9-22(19)24)25-23-11-10-18(14-20(23)12-13-31-25)17-28(4,5)26(29)30/h6-16,26H,17H2,1-5H3. The first-order valence-corrected chi connectivity index (χ1v) is 10.8. The molecule has 0 aliphatic rings. The molecule has 3 aromatic carbocycles. The average Bonchev–Trinajstić information content (AvgIpc) is 2.71. The van der Waals surface area contributed by atoms with E-state index in [0.29, 0.717) is 6.42 Å². The molecule has 160 valence electrons. The van der Waals surface area contributed by atoms with Crippen molar-refractivity contribution >= 4 is 21.5 Å². The maximum absolute atomic E-state index is 13.3. The van der Waals surface area contributed by atoms with Crippen LogP contribution in [0.15, 0.2) is 66.9 Å². The lowest BCUT2D eigenvalue weighted by molar-refractivity contribution is 0.0200. The summed E-state index contributed by atoms with van der Waals surface area (Å²) in [7, 11) is 0. The number of benzene rings is 3. The van der Waals surface area contributed by atoms with Crippen LogP contribution >= 0.6 is 0 Å². The van der Waals surface area contributed by atoms with Crippen LogP contribution in [-0.2, 0) is 11.8 Å². The Labute approximate surface area is 183 Å². The highest BCUT2D eigenvalue weighted by Crippen LogP contribution is 2.37. The number of alkyl halides is 2. The molecule has 1 nitrogen and oxygen atoms in total. The van der Waals surface area contributed by atoms with Gasteiger partial charge in [-0.3, -0.25) is 4.98 Å². The molecule has 1 heterocycles. The van der Waals surface area contributed by atoms with Gasteiger partial charge in [-0.1, -0.05) is 77.1 Å². The summed E-state index contributed by atoms with van der Waals surface area (Å²) >= 11 is 0. The molecule has 0 spiro atoms. The monoisotopic (exact) mass is 417 g/mol. The largest absolute Gasteiger partial charge is 0.256 e. The predicted molar refractivity (Wildman–Crippen MR) is 127 cm³/mol. The van der Waals surface area contributed by atoms with E-state index in [2.05, 4.69) is 57.2 Å². The van der Waals surface area contributed by atoms with Crippen molar-refractivity contribution in [1.29, 1.82) is 0 Å². The zero-order valence-corrected chi connectivity index (χ0v) is 18.8. The van der Waals surface area contributed by atoms with Crippen molar-refractivity contribution in [2.24, 2.45) is 5.41 Å². The van der Waals surface area contributed by atoms with Gasteiger partial charge in [-0.2, -0.15) is 0 Å². The van der Waals surface area contributed by atoms with Crippen molar-refractivity contribution in [3.63, 3.8) is 0 Å². The zero-order chi connectivity index (χ0) is 22.4. The fraction of sp³-hybridized carbons (Fsp3) is 0.321. The number of pyridine rings is 1. The predicted octanol–water partition coefficient (Wildman–Crippen LogP) is 8.19. The van der Waals surface area contributed by atoms with E-state index in [1.165, 1.54) is 16.3 Å². The highest BCUT2D eigenvalue weighted by molar-refractivity contribution is 5.98. The van der Waals surface area contributed by atoms with Gasteiger partial charge in [0.25, 0.3) is 0 Å². The maximum atomic E-state index is 13.3. The molecule has 31 heavy (non-hydrogen) atoms. The van der Waals surface area contributed by atoms with Crippen LogP contribution in [-0.4, -0.2) is 11.4 Å². The lowest BCUT2D eigenvalue weighted by atomic mass is 9.82. The van der Waals surface area contributed by atoms with Gasteiger partial charge in [0.15, 0.2) is 0 Å². The maximum Gasteiger partial charge on any atom is 0.243 e. The number of aromatic nitrogens is 1. The molecular formula is C28H29F2N. The van der Waals surface area contributed by atoms with Gasteiger partial charge >= 0.3 is 0 Å². The number of hydrogen-bond acceptors (Lipinski definition) is 1. The first kappa shape index (κ1) is 21.4.